The van der Waals surface area contributed by atoms with Crippen molar-refractivity contribution in [3.63, 3.8) is 0 Å². The Morgan fingerprint density at radius 3 is 2.73 bits per heavy atom. The maximum atomic E-state index is 9.30. The highest BCUT2D eigenvalue weighted by Crippen LogP contribution is 2.25. The number of halogens is 1. The number of hydrogen-bond acceptors (Lipinski definition) is 6. The highest BCUT2D eigenvalue weighted by atomic mass is 79.9. The van der Waals surface area contributed by atoms with Crippen molar-refractivity contribution in [3.8, 4) is 11.3 Å². The van der Waals surface area contributed by atoms with Gasteiger partial charge in [-0.1, -0.05) is 15.9 Å². The molecule has 3 aromatic rings. The van der Waals surface area contributed by atoms with Crippen molar-refractivity contribution in [2.75, 3.05) is 17.2 Å². The molecule has 0 saturated carbocycles. The average molecular weight is 414 g/mol. The summed E-state index contributed by atoms with van der Waals surface area (Å²) in [6.07, 6.45) is 3.48. The van der Waals surface area contributed by atoms with E-state index in [1.54, 1.807) is 12.4 Å². The molecule has 0 aliphatic rings. The monoisotopic (exact) mass is 413 g/mol. The van der Waals surface area contributed by atoms with Gasteiger partial charge in [0.05, 0.1) is 12.3 Å². The lowest BCUT2D eigenvalue weighted by Gasteiger charge is -2.14. The zero-order valence-electron chi connectivity index (χ0n) is 14.6. The van der Waals surface area contributed by atoms with Crippen LogP contribution in [0.2, 0.25) is 0 Å². The van der Waals surface area contributed by atoms with Crippen LogP contribution in [0.4, 0.5) is 17.5 Å². The van der Waals surface area contributed by atoms with Crippen molar-refractivity contribution in [3.05, 3.63) is 58.8 Å². The summed E-state index contributed by atoms with van der Waals surface area (Å²) in [5.41, 5.74) is 3.70. The van der Waals surface area contributed by atoms with E-state index < -0.39 is 0 Å². The third kappa shape index (κ3) is 4.56. The Labute approximate surface area is 160 Å². The molecule has 0 amide bonds. The second-order valence-electron chi connectivity index (χ2n) is 6.02. The van der Waals surface area contributed by atoms with Crippen LogP contribution in [-0.2, 0) is 0 Å². The first kappa shape index (κ1) is 18.3. The first-order chi connectivity index (χ1) is 12.5. The molecule has 0 bridgehead atoms. The molecule has 0 spiro atoms. The van der Waals surface area contributed by atoms with E-state index in [9.17, 15) is 5.11 Å². The lowest BCUT2D eigenvalue weighted by Crippen LogP contribution is -2.21. The number of nitrogens with one attached hydrogen (secondary N) is 2. The van der Waals surface area contributed by atoms with Gasteiger partial charge in [0, 0.05) is 40.2 Å². The van der Waals surface area contributed by atoms with Gasteiger partial charge in [-0.2, -0.15) is 4.98 Å². The number of aromatic nitrogens is 3. The second-order valence-corrected chi connectivity index (χ2v) is 6.87. The van der Waals surface area contributed by atoms with Gasteiger partial charge in [0.25, 0.3) is 0 Å². The number of nitrogens with zero attached hydrogens (tertiary/aromatic N) is 3. The first-order valence-electron chi connectivity index (χ1n) is 8.25. The van der Waals surface area contributed by atoms with Crippen LogP contribution < -0.4 is 10.6 Å². The normalized spacial score (nSPS) is 11.8. The van der Waals surface area contributed by atoms with Gasteiger partial charge in [-0.25, -0.2) is 4.98 Å². The summed E-state index contributed by atoms with van der Waals surface area (Å²) < 4.78 is 1.06. The first-order valence-corrected chi connectivity index (χ1v) is 9.04. The summed E-state index contributed by atoms with van der Waals surface area (Å²) in [5.74, 6) is 1.11. The number of rotatable bonds is 6. The number of aliphatic hydroxyl groups is 1. The molecule has 7 heteroatoms. The minimum absolute atomic E-state index is 0.00481. The molecule has 1 atom stereocenters. The predicted octanol–water partition coefficient (Wildman–Crippen LogP) is 4.15. The topological polar surface area (TPSA) is 83.0 Å². The van der Waals surface area contributed by atoms with E-state index in [1.165, 1.54) is 0 Å². The highest BCUT2D eigenvalue weighted by Gasteiger charge is 2.10. The Bertz CT molecular complexity index is 888. The molecule has 0 saturated heterocycles. The largest absolute Gasteiger partial charge is 0.394 e. The molecule has 0 aliphatic heterocycles. The molecule has 3 N–H and O–H groups in total. The van der Waals surface area contributed by atoms with Gasteiger partial charge in [0.15, 0.2) is 0 Å². The Hall–Kier alpha value is -2.51. The zero-order chi connectivity index (χ0) is 18.5. The van der Waals surface area contributed by atoms with Gasteiger partial charge in [-0.3, -0.25) is 4.98 Å². The van der Waals surface area contributed by atoms with E-state index in [0.29, 0.717) is 11.8 Å². The predicted molar refractivity (Wildman–Crippen MR) is 108 cm³/mol. The molecule has 0 radical (unpaired) electrons. The Kier molecular flexibility index (Phi) is 5.80. The fraction of sp³-hybridized carbons (Fsp3) is 0.211. The van der Waals surface area contributed by atoms with Crippen LogP contribution in [0.3, 0.4) is 0 Å². The number of anilines is 3. The number of aliphatic hydroxyl groups excluding tert-OH is 1. The van der Waals surface area contributed by atoms with Crippen molar-refractivity contribution in [2.45, 2.75) is 19.9 Å². The molecule has 0 fully saturated rings. The molecular weight excluding hydrogens is 394 g/mol. The molecule has 0 unspecified atom stereocenters. The number of benzene rings is 1. The lowest BCUT2D eigenvalue weighted by atomic mass is 10.2. The van der Waals surface area contributed by atoms with Crippen molar-refractivity contribution < 1.29 is 5.11 Å². The molecule has 26 heavy (non-hydrogen) atoms. The summed E-state index contributed by atoms with van der Waals surface area (Å²) in [6, 6.07) is 11.6. The van der Waals surface area contributed by atoms with E-state index >= 15 is 0 Å². The lowest BCUT2D eigenvalue weighted by molar-refractivity contribution is 0.281. The summed E-state index contributed by atoms with van der Waals surface area (Å²) in [6.45, 7) is 3.90. The van der Waals surface area contributed by atoms with E-state index in [2.05, 4.69) is 41.5 Å². The molecule has 2 heterocycles. The van der Waals surface area contributed by atoms with E-state index in [0.717, 1.165) is 27.0 Å². The van der Waals surface area contributed by atoms with Crippen LogP contribution in [0, 0.1) is 6.92 Å². The van der Waals surface area contributed by atoms with Gasteiger partial charge >= 0.3 is 0 Å². The van der Waals surface area contributed by atoms with Crippen LogP contribution in [0.15, 0.2) is 53.3 Å². The van der Waals surface area contributed by atoms with Gasteiger partial charge in [-0.15, -0.1) is 0 Å². The maximum absolute atomic E-state index is 9.30. The highest BCUT2D eigenvalue weighted by molar-refractivity contribution is 9.10. The Morgan fingerprint density at radius 2 is 2.04 bits per heavy atom. The quantitative estimate of drug-likeness (QED) is 0.562. The molecule has 0 aliphatic carbocycles. The summed E-state index contributed by atoms with van der Waals surface area (Å²) in [4.78, 5) is 13.2. The molecule has 2 aromatic heterocycles. The summed E-state index contributed by atoms with van der Waals surface area (Å²) in [5, 5.41) is 15.7. The smallest absolute Gasteiger partial charge is 0.225 e. The van der Waals surface area contributed by atoms with Gasteiger partial charge in [-0.05, 0) is 49.7 Å². The number of aryl methyl sites for hydroxylation is 1. The SMILES string of the molecule is Cc1cc(Nc2cc(-c3cccnc3)nc(N[C@H](C)CO)n2)ccc1Br. The second kappa shape index (κ2) is 8.25. The average Bonchev–Trinajstić information content (AvgIpc) is 2.65. The van der Waals surface area contributed by atoms with Crippen molar-refractivity contribution in [1.29, 1.82) is 0 Å². The fourth-order valence-corrected chi connectivity index (χ4v) is 2.62. The Morgan fingerprint density at radius 1 is 1.19 bits per heavy atom. The zero-order valence-corrected chi connectivity index (χ0v) is 16.2. The maximum Gasteiger partial charge on any atom is 0.225 e. The van der Waals surface area contributed by atoms with Crippen LogP contribution in [0.1, 0.15) is 12.5 Å². The van der Waals surface area contributed by atoms with E-state index in [1.807, 2.05) is 50.2 Å². The standard InChI is InChI=1S/C19H20BrN5O/c1-12-8-15(5-6-16(12)20)23-18-9-17(14-4-3-7-21-10-14)24-19(25-18)22-13(2)11-26/h3-10,13,26H,11H2,1-2H3,(H2,22,23,24,25)/t13-/m1/s1. The van der Waals surface area contributed by atoms with Crippen LogP contribution >= 0.6 is 15.9 Å². The van der Waals surface area contributed by atoms with Gasteiger partial charge in [0.1, 0.15) is 5.82 Å². The van der Waals surface area contributed by atoms with Gasteiger partial charge < -0.3 is 15.7 Å². The fourth-order valence-electron chi connectivity index (χ4n) is 2.37. The molecule has 1 aromatic carbocycles. The van der Waals surface area contributed by atoms with Crippen LogP contribution in [-0.4, -0.2) is 32.7 Å². The molecular formula is C19H20BrN5O. The molecule has 3 rings (SSSR count). The van der Waals surface area contributed by atoms with Crippen molar-refractivity contribution in [1.82, 2.24) is 15.0 Å². The third-order valence-electron chi connectivity index (χ3n) is 3.76. The van der Waals surface area contributed by atoms with Crippen molar-refractivity contribution in [2.24, 2.45) is 0 Å². The summed E-state index contributed by atoms with van der Waals surface area (Å²) in [7, 11) is 0. The molecule has 134 valence electrons. The minimum atomic E-state index is -0.151. The number of pyridine rings is 1. The van der Waals surface area contributed by atoms with E-state index in [4.69, 9.17) is 0 Å². The minimum Gasteiger partial charge on any atom is -0.394 e. The third-order valence-corrected chi connectivity index (χ3v) is 4.65. The number of hydrogen-bond donors (Lipinski definition) is 3. The van der Waals surface area contributed by atoms with Crippen LogP contribution in [0.5, 0.6) is 0 Å². The Balaban J connectivity index is 1.97. The van der Waals surface area contributed by atoms with Crippen LogP contribution in [0.25, 0.3) is 11.3 Å². The van der Waals surface area contributed by atoms with Gasteiger partial charge in [0.2, 0.25) is 5.95 Å². The summed E-state index contributed by atoms with van der Waals surface area (Å²) >= 11 is 3.51. The molecule has 6 nitrogen and oxygen atoms in total. The van der Waals surface area contributed by atoms with E-state index in [-0.39, 0.29) is 12.6 Å². The van der Waals surface area contributed by atoms with Crippen molar-refractivity contribution >= 4 is 33.4 Å².